The Morgan fingerprint density at radius 2 is 1.83 bits per heavy atom. The Kier molecular flexibility index (Phi) is 5.57. The lowest BCUT2D eigenvalue weighted by Crippen LogP contribution is -2.49. The molecule has 4 rings (SSSR count). The molecule has 3 aliphatic heterocycles. The molecule has 2 N–H and O–H groups in total. The molecule has 11 heteroatoms. The van der Waals surface area contributed by atoms with Crippen LogP contribution >= 0.6 is 0 Å². The standard InChI is InChI=1S/C18H26N6O4S/c25-15(23-8-10-24(11-9-23)17-19-6-3-7-20-17)5-2-1-4-14-16-13(12-29(14,27)28)21-18(26)22-16/h3,6-7,13-14,16H,1-2,4-5,8-12H2,(H2,21,22,26)/t13-,14-,16-/m1/s1. The van der Waals surface area contributed by atoms with Crippen molar-refractivity contribution in [2.75, 3.05) is 36.8 Å². The summed E-state index contributed by atoms with van der Waals surface area (Å²) < 4.78 is 24.6. The van der Waals surface area contributed by atoms with E-state index in [1.165, 1.54) is 0 Å². The van der Waals surface area contributed by atoms with Gasteiger partial charge in [-0.3, -0.25) is 4.79 Å². The zero-order valence-electron chi connectivity index (χ0n) is 16.2. The first-order chi connectivity index (χ1) is 13.9. The first-order valence-electron chi connectivity index (χ1n) is 10.0. The number of sulfone groups is 1. The van der Waals surface area contributed by atoms with Crippen LogP contribution in [0.4, 0.5) is 10.7 Å². The smallest absolute Gasteiger partial charge is 0.315 e. The minimum atomic E-state index is -3.21. The van der Waals surface area contributed by atoms with Gasteiger partial charge in [-0.05, 0) is 18.9 Å². The average Bonchev–Trinajstić information content (AvgIpc) is 3.17. The van der Waals surface area contributed by atoms with Gasteiger partial charge in [0, 0.05) is 45.0 Å². The van der Waals surface area contributed by atoms with Crippen LogP contribution in [0.3, 0.4) is 0 Å². The van der Waals surface area contributed by atoms with Crippen molar-refractivity contribution >= 4 is 27.7 Å². The highest BCUT2D eigenvalue weighted by Gasteiger charge is 2.51. The maximum Gasteiger partial charge on any atom is 0.315 e. The summed E-state index contributed by atoms with van der Waals surface area (Å²) in [5, 5.41) is 4.83. The van der Waals surface area contributed by atoms with Crippen molar-refractivity contribution in [3.8, 4) is 0 Å². The van der Waals surface area contributed by atoms with E-state index in [9.17, 15) is 18.0 Å². The third-order valence-corrected chi connectivity index (χ3v) is 8.19. The van der Waals surface area contributed by atoms with Crippen molar-refractivity contribution in [3.63, 3.8) is 0 Å². The minimum Gasteiger partial charge on any atom is -0.339 e. The van der Waals surface area contributed by atoms with Crippen molar-refractivity contribution in [1.29, 1.82) is 0 Å². The number of amides is 3. The SMILES string of the molecule is O=C1N[C@H]2[C@@H](CCCCC(=O)N3CCN(c4ncccn4)CC3)S(=O)(=O)C[C@H]2N1. The van der Waals surface area contributed by atoms with Crippen LogP contribution in [-0.2, 0) is 14.6 Å². The van der Waals surface area contributed by atoms with E-state index >= 15 is 0 Å². The fraction of sp³-hybridized carbons (Fsp3) is 0.667. The highest BCUT2D eigenvalue weighted by molar-refractivity contribution is 7.92. The number of hydrogen-bond donors (Lipinski definition) is 2. The predicted molar refractivity (Wildman–Crippen MR) is 106 cm³/mol. The molecule has 1 aromatic rings. The summed E-state index contributed by atoms with van der Waals surface area (Å²) in [4.78, 5) is 36.3. The number of hydrogen-bond acceptors (Lipinski definition) is 7. The molecule has 0 unspecified atom stereocenters. The van der Waals surface area contributed by atoms with E-state index in [0.29, 0.717) is 57.8 Å². The number of aromatic nitrogens is 2. The van der Waals surface area contributed by atoms with Crippen molar-refractivity contribution in [2.45, 2.75) is 43.0 Å². The average molecular weight is 423 g/mol. The van der Waals surface area contributed by atoms with Crippen molar-refractivity contribution in [1.82, 2.24) is 25.5 Å². The number of carbonyl (C=O) groups is 2. The van der Waals surface area contributed by atoms with Gasteiger partial charge in [-0.1, -0.05) is 6.42 Å². The van der Waals surface area contributed by atoms with Gasteiger partial charge < -0.3 is 20.4 Å². The fourth-order valence-electron chi connectivity index (χ4n) is 4.40. The zero-order valence-corrected chi connectivity index (χ0v) is 17.0. The molecule has 10 nitrogen and oxygen atoms in total. The largest absolute Gasteiger partial charge is 0.339 e. The Hall–Kier alpha value is -2.43. The third-order valence-electron chi connectivity index (χ3n) is 5.92. The lowest BCUT2D eigenvalue weighted by atomic mass is 10.0. The molecule has 3 saturated heterocycles. The quantitative estimate of drug-likeness (QED) is 0.469. The van der Waals surface area contributed by atoms with Crippen molar-refractivity contribution in [2.24, 2.45) is 0 Å². The van der Waals surface area contributed by atoms with E-state index in [0.717, 1.165) is 0 Å². The van der Waals surface area contributed by atoms with Crippen LogP contribution in [0, 0.1) is 0 Å². The Bertz CT molecular complexity index is 856. The number of anilines is 1. The maximum atomic E-state index is 12.5. The molecule has 0 bridgehead atoms. The van der Waals surface area contributed by atoms with Gasteiger partial charge in [0.25, 0.3) is 0 Å². The van der Waals surface area contributed by atoms with E-state index in [2.05, 4.69) is 25.5 Å². The first kappa shape index (κ1) is 19.9. The van der Waals surface area contributed by atoms with Crippen LogP contribution in [0.5, 0.6) is 0 Å². The van der Waals surface area contributed by atoms with Gasteiger partial charge in [0.2, 0.25) is 11.9 Å². The van der Waals surface area contributed by atoms with Gasteiger partial charge in [-0.25, -0.2) is 23.2 Å². The number of rotatable bonds is 6. The number of carbonyl (C=O) groups excluding carboxylic acids is 2. The summed E-state index contributed by atoms with van der Waals surface area (Å²) in [7, 11) is -3.21. The monoisotopic (exact) mass is 422 g/mol. The van der Waals surface area contributed by atoms with Crippen LogP contribution in [0.15, 0.2) is 18.5 Å². The summed E-state index contributed by atoms with van der Waals surface area (Å²) in [6, 6.07) is 0.799. The van der Waals surface area contributed by atoms with Crippen molar-refractivity contribution < 1.29 is 18.0 Å². The van der Waals surface area contributed by atoms with Crippen LogP contribution < -0.4 is 15.5 Å². The minimum absolute atomic E-state index is 0.00455. The van der Waals surface area contributed by atoms with Gasteiger partial charge in [0.15, 0.2) is 9.84 Å². The molecule has 0 spiro atoms. The lowest BCUT2D eigenvalue weighted by molar-refractivity contribution is -0.131. The fourth-order valence-corrected chi connectivity index (χ4v) is 6.66. The molecule has 29 heavy (non-hydrogen) atoms. The molecular weight excluding hydrogens is 396 g/mol. The maximum absolute atomic E-state index is 12.5. The molecule has 0 aliphatic carbocycles. The Morgan fingerprint density at radius 1 is 1.10 bits per heavy atom. The summed E-state index contributed by atoms with van der Waals surface area (Å²) in [6.45, 7) is 2.67. The first-order valence-corrected chi connectivity index (χ1v) is 11.7. The molecule has 0 radical (unpaired) electrons. The van der Waals surface area contributed by atoms with Crippen LogP contribution in [-0.4, -0.2) is 84.5 Å². The predicted octanol–water partition coefficient (Wildman–Crippen LogP) is -0.467. The Balaban J connectivity index is 1.19. The Morgan fingerprint density at radius 3 is 2.55 bits per heavy atom. The van der Waals surface area contributed by atoms with Gasteiger partial charge >= 0.3 is 6.03 Å². The summed E-state index contributed by atoms with van der Waals surface area (Å²) in [5.74, 6) is 0.779. The highest BCUT2D eigenvalue weighted by Crippen LogP contribution is 2.28. The van der Waals surface area contributed by atoms with E-state index in [-0.39, 0.29) is 29.8 Å². The second kappa shape index (κ2) is 8.13. The van der Waals surface area contributed by atoms with E-state index in [4.69, 9.17) is 0 Å². The molecule has 0 aromatic carbocycles. The van der Waals surface area contributed by atoms with Crippen LogP contribution in [0.25, 0.3) is 0 Å². The summed E-state index contributed by atoms with van der Waals surface area (Å²) >= 11 is 0. The molecular formula is C18H26N6O4S. The molecule has 158 valence electrons. The molecule has 3 fully saturated rings. The van der Waals surface area contributed by atoms with Crippen LogP contribution in [0.1, 0.15) is 25.7 Å². The van der Waals surface area contributed by atoms with E-state index < -0.39 is 15.1 Å². The molecule has 0 saturated carbocycles. The third kappa shape index (κ3) is 4.29. The second-order valence-electron chi connectivity index (χ2n) is 7.78. The normalized spacial score (nSPS) is 28.0. The second-order valence-corrected chi connectivity index (χ2v) is 10.0. The van der Waals surface area contributed by atoms with Gasteiger partial charge in [-0.2, -0.15) is 0 Å². The number of nitrogens with one attached hydrogen (secondary N) is 2. The number of fused-ring (bicyclic) bond motifs is 1. The molecule has 3 aliphatic rings. The van der Waals surface area contributed by atoms with Gasteiger partial charge in [0.05, 0.1) is 23.1 Å². The molecule has 1 aromatic heterocycles. The Labute approximate surface area is 170 Å². The van der Waals surface area contributed by atoms with Gasteiger partial charge in [0.1, 0.15) is 0 Å². The molecule has 3 atom stereocenters. The number of piperazine rings is 1. The highest BCUT2D eigenvalue weighted by atomic mass is 32.2. The number of urea groups is 1. The summed E-state index contributed by atoms with van der Waals surface area (Å²) in [5.41, 5.74) is 0. The van der Waals surface area contributed by atoms with E-state index in [1.807, 2.05) is 4.90 Å². The van der Waals surface area contributed by atoms with Crippen molar-refractivity contribution in [3.05, 3.63) is 18.5 Å². The number of unbranched alkanes of at least 4 members (excludes halogenated alkanes) is 1. The van der Waals surface area contributed by atoms with Crippen LogP contribution in [0.2, 0.25) is 0 Å². The topological polar surface area (TPSA) is 125 Å². The molecule has 3 amide bonds. The van der Waals surface area contributed by atoms with Gasteiger partial charge in [-0.15, -0.1) is 0 Å². The lowest BCUT2D eigenvalue weighted by Gasteiger charge is -2.34. The molecule has 4 heterocycles. The van der Waals surface area contributed by atoms with E-state index in [1.54, 1.807) is 18.5 Å². The zero-order chi connectivity index (χ0) is 20.4. The number of nitrogens with zero attached hydrogens (tertiary/aromatic N) is 4. The summed E-state index contributed by atoms with van der Waals surface area (Å²) in [6.07, 6.45) is 5.59.